The first-order valence-electron chi connectivity index (χ1n) is 6.69. The van der Waals surface area contributed by atoms with Gasteiger partial charge >= 0.3 is 6.03 Å². The first-order chi connectivity index (χ1) is 10.4. The van der Waals surface area contributed by atoms with Gasteiger partial charge in [-0.25, -0.2) is 18.6 Å². The second-order valence-electron chi connectivity index (χ2n) is 4.94. The maximum atomic E-state index is 13.1. The largest absolute Gasteiger partial charge is 0.340 e. The van der Waals surface area contributed by atoms with Gasteiger partial charge in [0.2, 0.25) is 0 Å². The van der Waals surface area contributed by atoms with E-state index in [1.54, 1.807) is 12.1 Å². The molecule has 0 aliphatic rings. The highest BCUT2D eigenvalue weighted by Gasteiger charge is 2.05. The van der Waals surface area contributed by atoms with Crippen molar-refractivity contribution >= 4 is 23.2 Å². The van der Waals surface area contributed by atoms with E-state index in [1.165, 1.54) is 12.3 Å². The summed E-state index contributed by atoms with van der Waals surface area (Å²) >= 11 is 0. The lowest BCUT2D eigenvalue weighted by Crippen LogP contribution is -2.34. The first-order valence-corrected chi connectivity index (χ1v) is 6.69. The number of benzene rings is 1. The Morgan fingerprint density at radius 1 is 1.09 bits per heavy atom. The molecule has 1 aromatic carbocycles. The molecule has 2 aromatic rings. The van der Waals surface area contributed by atoms with Gasteiger partial charge < -0.3 is 16.0 Å². The molecule has 3 N–H and O–H groups in total. The predicted molar refractivity (Wildman–Crippen MR) is 81.2 cm³/mol. The average Bonchev–Trinajstić information content (AvgIpc) is 2.44. The van der Waals surface area contributed by atoms with Crippen molar-refractivity contribution in [3.05, 3.63) is 48.2 Å². The number of nitrogens with zero attached hydrogens (tertiary/aromatic N) is 1. The number of aromatic nitrogens is 1. The Balaban J connectivity index is 1.99. The number of rotatable bonds is 4. The second kappa shape index (κ2) is 6.84. The number of pyridine rings is 1. The summed E-state index contributed by atoms with van der Waals surface area (Å²) in [6, 6.07) is 6.45. The topological polar surface area (TPSA) is 66.1 Å². The van der Waals surface area contributed by atoms with Crippen molar-refractivity contribution in [1.29, 1.82) is 0 Å². The predicted octanol–water partition coefficient (Wildman–Crippen LogP) is 3.63. The van der Waals surface area contributed by atoms with Gasteiger partial charge in [0, 0.05) is 17.8 Å². The van der Waals surface area contributed by atoms with Gasteiger partial charge in [0.05, 0.1) is 11.9 Å². The Kier molecular flexibility index (Phi) is 4.88. The quantitative estimate of drug-likeness (QED) is 0.808. The molecule has 22 heavy (non-hydrogen) atoms. The summed E-state index contributed by atoms with van der Waals surface area (Å²) in [5, 5.41) is 8.16. The maximum Gasteiger partial charge on any atom is 0.319 e. The molecule has 2 amide bonds. The SMILES string of the molecule is CC(C)NC(=O)Nc1ccc(Nc2ccc(F)c(F)c2)nc1. The van der Waals surface area contributed by atoms with Gasteiger partial charge in [0.15, 0.2) is 11.6 Å². The van der Waals surface area contributed by atoms with Crippen LogP contribution in [-0.4, -0.2) is 17.1 Å². The van der Waals surface area contributed by atoms with Crippen molar-refractivity contribution in [2.45, 2.75) is 19.9 Å². The summed E-state index contributed by atoms with van der Waals surface area (Å²) in [6.07, 6.45) is 1.46. The van der Waals surface area contributed by atoms with Gasteiger partial charge in [-0.2, -0.15) is 0 Å². The van der Waals surface area contributed by atoms with E-state index in [0.29, 0.717) is 17.2 Å². The molecule has 0 aliphatic carbocycles. The van der Waals surface area contributed by atoms with Gasteiger partial charge in [-0.15, -0.1) is 0 Å². The Hall–Kier alpha value is -2.70. The van der Waals surface area contributed by atoms with Crippen molar-refractivity contribution in [2.75, 3.05) is 10.6 Å². The molecular weight excluding hydrogens is 290 g/mol. The van der Waals surface area contributed by atoms with Crippen LogP contribution >= 0.6 is 0 Å². The number of halogens is 2. The summed E-state index contributed by atoms with van der Waals surface area (Å²) < 4.78 is 25.9. The average molecular weight is 306 g/mol. The Morgan fingerprint density at radius 3 is 2.41 bits per heavy atom. The van der Waals surface area contributed by atoms with E-state index >= 15 is 0 Å². The monoisotopic (exact) mass is 306 g/mol. The number of hydrogen-bond acceptors (Lipinski definition) is 3. The molecule has 0 fully saturated rings. The minimum atomic E-state index is -0.936. The third kappa shape index (κ3) is 4.41. The Morgan fingerprint density at radius 2 is 1.82 bits per heavy atom. The van der Waals surface area contributed by atoms with E-state index in [1.807, 2.05) is 13.8 Å². The van der Waals surface area contributed by atoms with E-state index < -0.39 is 11.6 Å². The molecule has 7 heteroatoms. The number of anilines is 3. The van der Waals surface area contributed by atoms with E-state index in [-0.39, 0.29) is 12.1 Å². The fourth-order valence-electron chi connectivity index (χ4n) is 1.69. The first kappa shape index (κ1) is 15.7. The number of nitrogens with one attached hydrogen (secondary N) is 3. The minimum Gasteiger partial charge on any atom is -0.340 e. The van der Waals surface area contributed by atoms with Crippen molar-refractivity contribution in [1.82, 2.24) is 10.3 Å². The van der Waals surface area contributed by atoms with E-state index in [0.717, 1.165) is 12.1 Å². The lowest BCUT2D eigenvalue weighted by Gasteiger charge is -2.10. The zero-order chi connectivity index (χ0) is 16.1. The molecule has 0 saturated carbocycles. The lowest BCUT2D eigenvalue weighted by atomic mass is 10.3. The van der Waals surface area contributed by atoms with Gasteiger partial charge in [-0.3, -0.25) is 0 Å². The van der Waals surface area contributed by atoms with Crippen molar-refractivity contribution in [2.24, 2.45) is 0 Å². The summed E-state index contributed by atoms with van der Waals surface area (Å²) in [6.45, 7) is 3.71. The fourth-order valence-corrected chi connectivity index (χ4v) is 1.69. The Bertz CT molecular complexity index is 659. The number of amides is 2. The van der Waals surface area contributed by atoms with Crippen LogP contribution in [0.4, 0.5) is 30.8 Å². The highest BCUT2D eigenvalue weighted by atomic mass is 19.2. The van der Waals surface area contributed by atoms with Gasteiger partial charge in [0.1, 0.15) is 5.82 Å². The molecule has 1 heterocycles. The van der Waals surface area contributed by atoms with Crippen molar-refractivity contribution in [3.8, 4) is 0 Å². The van der Waals surface area contributed by atoms with Crippen LogP contribution in [0.5, 0.6) is 0 Å². The summed E-state index contributed by atoms with van der Waals surface area (Å²) in [7, 11) is 0. The van der Waals surface area contributed by atoms with Crippen LogP contribution in [0.3, 0.4) is 0 Å². The molecule has 1 aromatic heterocycles. The third-order valence-corrected chi connectivity index (χ3v) is 2.63. The van der Waals surface area contributed by atoms with Crippen LogP contribution in [0.25, 0.3) is 0 Å². The molecule has 0 aliphatic heterocycles. The van der Waals surface area contributed by atoms with Crippen LogP contribution in [-0.2, 0) is 0 Å². The second-order valence-corrected chi connectivity index (χ2v) is 4.94. The van der Waals surface area contributed by atoms with E-state index in [2.05, 4.69) is 20.9 Å². The van der Waals surface area contributed by atoms with Crippen LogP contribution in [0.1, 0.15) is 13.8 Å². The van der Waals surface area contributed by atoms with Crippen LogP contribution in [0.15, 0.2) is 36.5 Å². The van der Waals surface area contributed by atoms with Crippen LogP contribution < -0.4 is 16.0 Å². The standard InChI is InChI=1S/C15H16F2N4O/c1-9(2)19-15(22)21-11-4-6-14(18-8-11)20-10-3-5-12(16)13(17)7-10/h3-9H,1-2H3,(H,18,20)(H2,19,21,22). The molecule has 116 valence electrons. The molecule has 0 bridgehead atoms. The fraction of sp³-hybridized carbons (Fsp3) is 0.200. The lowest BCUT2D eigenvalue weighted by molar-refractivity contribution is 0.250. The highest BCUT2D eigenvalue weighted by Crippen LogP contribution is 2.18. The third-order valence-electron chi connectivity index (χ3n) is 2.63. The molecule has 2 rings (SSSR count). The van der Waals surface area contributed by atoms with Crippen LogP contribution in [0, 0.1) is 11.6 Å². The summed E-state index contributed by atoms with van der Waals surface area (Å²) in [5.74, 6) is -1.40. The van der Waals surface area contributed by atoms with E-state index in [4.69, 9.17) is 0 Å². The summed E-state index contributed by atoms with van der Waals surface area (Å²) in [5.41, 5.74) is 0.902. The molecule has 0 spiro atoms. The minimum absolute atomic E-state index is 0.0299. The number of urea groups is 1. The van der Waals surface area contributed by atoms with Gasteiger partial charge in [0.25, 0.3) is 0 Å². The Labute approximate surface area is 126 Å². The molecular formula is C15H16F2N4O. The van der Waals surface area contributed by atoms with Gasteiger partial charge in [-0.05, 0) is 38.1 Å². The number of carbonyl (C=O) groups is 1. The van der Waals surface area contributed by atoms with E-state index in [9.17, 15) is 13.6 Å². The molecule has 0 saturated heterocycles. The molecule has 0 atom stereocenters. The molecule has 5 nitrogen and oxygen atoms in total. The van der Waals surface area contributed by atoms with Crippen molar-refractivity contribution < 1.29 is 13.6 Å². The summed E-state index contributed by atoms with van der Waals surface area (Å²) in [4.78, 5) is 15.6. The highest BCUT2D eigenvalue weighted by molar-refractivity contribution is 5.89. The van der Waals surface area contributed by atoms with Crippen molar-refractivity contribution in [3.63, 3.8) is 0 Å². The number of carbonyl (C=O) groups excluding carboxylic acids is 1. The smallest absolute Gasteiger partial charge is 0.319 e. The molecule has 0 unspecified atom stereocenters. The normalized spacial score (nSPS) is 10.4. The van der Waals surface area contributed by atoms with Gasteiger partial charge in [-0.1, -0.05) is 0 Å². The molecule has 0 radical (unpaired) electrons. The van der Waals surface area contributed by atoms with Crippen LogP contribution in [0.2, 0.25) is 0 Å². The zero-order valence-electron chi connectivity index (χ0n) is 12.2. The number of hydrogen-bond donors (Lipinski definition) is 3. The maximum absolute atomic E-state index is 13.1. The zero-order valence-corrected chi connectivity index (χ0v) is 12.2.